The van der Waals surface area contributed by atoms with Crippen LogP contribution in [0.2, 0.25) is 0 Å². The van der Waals surface area contributed by atoms with Crippen molar-refractivity contribution in [3.8, 4) is 0 Å². The van der Waals surface area contributed by atoms with Crippen molar-refractivity contribution in [2.45, 2.75) is 93.8 Å². The summed E-state index contributed by atoms with van der Waals surface area (Å²) in [5, 5.41) is 55.8. The summed E-state index contributed by atoms with van der Waals surface area (Å²) in [5.41, 5.74) is 0. The summed E-state index contributed by atoms with van der Waals surface area (Å²) in [6.07, 6.45) is -5.49. The van der Waals surface area contributed by atoms with Gasteiger partial charge in [0, 0.05) is 25.3 Å². The van der Waals surface area contributed by atoms with Crippen LogP contribution in [0.15, 0.2) is 0 Å². The minimum atomic E-state index is -1.37. The first-order valence-corrected chi connectivity index (χ1v) is 13.6. The Bertz CT molecular complexity index is 631. The Kier molecular flexibility index (Phi) is 11.7. The normalized spacial score (nSPS) is 41.6. The lowest BCUT2D eigenvalue weighted by molar-refractivity contribution is -0.351. The molecule has 0 saturated carbocycles. The monoisotopic (exact) mass is 525 g/mol. The first-order valence-electron chi connectivity index (χ1n) is 12.1. The van der Waals surface area contributed by atoms with E-state index >= 15 is 0 Å². The number of rotatable bonds is 7. The molecule has 10 atom stereocenters. The van der Waals surface area contributed by atoms with Crippen LogP contribution >= 0.6 is 24.0 Å². The molecule has 0 aromatic carbocycles. The van der Waals surface area contributed by atoms with E-state index in [1.165, 1.54) is 0 Å². The molecule has 12 heteroatoms. The maximum Gasteiger partial charge on any atom is 0.187 e. The van der Waals surface area contributed by atoms with Crippen LogP contribution in [0.3, 0.4) is 0 Å². The Hall–Kier alpha value is -0.120. The molecule has 10 nitrogen and oxygen atoms in total. The molecular weight excluding hydrogens is 486 g/mol. The van der Waals surface area contributed by atoms with E-state index in [1.54, 1.807) is 18.8 Å². The zero-order valence-electron chi connectivity index (χ0n) is 19.5. The number of thiocarbonyl (C=S) groups is 1. The van der Waals surface area contributed by atoms with Crippen molar-refractivity contribution >= 4 is 29.0 Å². The van der Waals surface area contributed by atoms with Gasteiger partial charge >= 0.3 is 0 Å². The fourth-order valence-electron chi connectivity index (χ4n) is 4.65. The zero-order chi connectivity index (χ0) is 24.7. The van der Waals surface area contributed by atoms with Gasteiger partial charge in [-0.05, 0) is 31.4 Å². The standard InChI is InChI=1S/C22H39NO9S2/c1-23-15(33)7-5-9-34-11-14-20-17(26)19(28)21(31-14)29-8-4-2-3-6-12-13(10-24)30-22(32-20)18(27)16(12)25/h12-14,16-22,24-28H,2-11H2,1H3,(H,23,33)/t12?,13?,14?,16-,17+,18+,19+,20?,21+,22-/m1/s1. The second kappa shape index (κ2) is 14.0. The van der Waals surface area contributed by atoms with Crippen LogP contribution in [0.5, 0.6) is 0 Å². The van der Waals surface area contributed by atoms with Crippen LogP contribution in [-0.2, 0) is 18.9 Å². The molecule has 198 valence electrons. The third-order valence-corrected chi connectivity index (χ3v) is 8.23. The lowest BCUT2D eigenvalue weighted by atomic mass is 9.85. The number of nitrogens with one attached hydrogen (secondary N) is 1. The lowest BCUT2D eigenvalue weighted by Gasteiger charge is -2.47. The summed E-state index contributed by atoms with van der Waals surface area (Å²) in [4.78, 5) is 0.791. The molecule has 0 aliphatic carbocycles. The highest BCUT2D eigenvalue weighted by Crippen LogP contribution is 2.34. The maximum atomic E-state index is 10.9. The van der Waals surface area contributed by atoms with E-state index in [0.29, 0.717) is 25.2 Å². The van der Waals surface area contributed by atoms with E-state index in [9.17, 15) is 25.5 Å². The number of ether oxygens (including phenoxy) is 4. The SMILES string of the molecule is CNC(=S)CCCSCC1O[C@@H]2OCCCCCC3C(CO)O[C@H](OC1[C@@H](O)[C@@H]2O)[C@@H](O)[C@@H]3O. The summed E-state index contributed by atoms with van der Waals surface area (Å²) < 4.78 is 23.5. The Morgan fingerprint density at radius 1 is 0.941 bits per heavy atom. The van der Waals surface area contributed by atoms with Gasteiger partial charge in [-0.2, -0.15) is 11.8 Å². The molecule has 0 amide bonds. The number of thioether (sulfide) groups is 1. The summed E-state index contributed by atoms with van der Waals surface area (Å²) in [6, 6.07) is 0. The van der Waals surface area contributed by atoms with Crippen LogP contribution in [0.25, 0.3) is 0 Å². The Labute approximate surface area is 210 Å². The third-order valence-electron chi connectivity index (χ3n) is 6.68. The van der Waals surface area contributed by atoms with Gasteiger partial charge in [0.15, 0.2) is 12.6 Å². The van der Waals surface area contributed by atoms with Gasteiger partial charge < -0.3 is 49.8 Å². The predicted octanol–water partition coefficient (Wildman–Crippen LogP) is -0.476. The first-order chi connectivity index (χ1) is 16.4. The molecule has 6 N–H and O–H groups in total. The lowest BCUT2D eigenvalue weighted by Crippen LogP contribution is -2.63. The second-order valence-corrected chi connectivity index (χ2v) is 10.7. The largest absolute Gasteiger partial charge is 0.394 e. The van der Waals surface area contributed by atoms with Crippen molar-refractivity contribution in [3.05, 3.63) is 0 Å². The van der Waals surface area contributed by atoms with Crippen LogP contribution in [0.1, 0.15) is 38.5 Å². The predicted molar refractivity (Wildman–Crippen MR) is 129 cm³/mol. The molecule has 0 aromatic rings. The van der Waals surface area contributed by atoms with Crippen LogP contribution in [0, 0.1) is 5.92 Å². The van der Waals surface area contributed by atoms with Crippen molar-refractivity contribution in [1.29, 1.82) is 0 Å². The molecule has 0 radical (unpaired) electrons. The molecule has 6 fully saturated rings. The van der Waals surface area contributed by atoms with Crippen LogP contribution in [0.4, 0.5) is 0 Å². The number of aliphatic hydroxyl groups excluding tert-OH is 5. The molecule has 0 spiro atoms. The molecule has 6 aliphatic rings. The third kappa shape index (κ3) is 7.22. The fraction of sp³-hybridized carbons (Fsp3) is 0.955. The van der Waals surface area contributed by atoms with Crippen molar-refractivity contribution < 1.29 is 44.5 Å². The Morgan fingerprint density at radius 3 is 2.41 bits per heavy atom. The fourth-order valence-corrected chi connectivity index (χ4v) is 5.81. The molecule has 6 saturated heterocycles. The molecule has 6 aliphatic heterocycles. The first kappa shape index (κ1) is 28.5. The molecule has 6 rings (SSSR count). The van der Waals surface area contributed by atoms with Crippen molar-refractivity contribution in [2.24, 2.45) is 5.92 Å². The molecule has 4 unspecified atom stereocenters. The van der Waals surface area contributed by atoms with Gasteiger partial charge in [0.2, 0.25) is 0 Å². The Balaban J connectivity index is 1.74. The topological polar surface area (TPSA) is 150 Å². The van der Waals surface area contributed by atoms with E-state index in [2.05, 4.69) is 5.32 Å². The van der Waals surface area contributed by atoms with Gasteiger partial charge in [-0.3, -0.25) is 0 Å². The molecule has 34 heavy (non-hydrogen) atoms. The maximum absolute atomic E-state index is 10.9. The van der Waals surface area contributed by atoms with Crippen molar-refractivity contribution in [1.82, 2.24) is 5.32 Å². The number of hydrogen-bond donors (Lipinski definition) is 6. The van der Waals surface area contributed by atoms with Crippen LogP contribution in [-0.4, -0.2) is 118 Å². The molecular formula is C22H39NO9S2. The van der Waals surface area contributed by atoms with Gasteiger partial charge in [-0.15, -0.1) is 0 Å². The summed E-state index contributed by atoms with van der Waals surface area (Å²) in [7, 11) is 1.80. The van der Waals surface area contributed by atoms with Gasteiger partial charge in [-0.25, -0.2) is 0 Å². The summed E-state index contributed by atoms with van der Waals surface area (Å²) >= 11 is 6.76. The quantitative estimate of drug-likeness (QED) is 0.188. The molecule has 0 aromatic heterocycles. The van der Waals surface area contributed by atoms with E-state index < -0.39 is 61.2 Å². The highest BCUT2D eigenvalue weighted by molar-refractivity contribution is 7.99. The van der Waals surface area contributed by atoms with Gasteiger partial charge in [0.05, 0.1) is 29.9 Å². The summed E-state index contributed by atoms with van der Waals surface area (Å²) in [6.45, 7) is 0.0132. The smallest absolute Gasteiger partial charge is 0.187 e. The van der Waals surface area contributed by atoms with Gasteiger partial charge in [-0.1, -0.05) is 25.1 Å². The number of aliphatic hydroxyl groups is 5. The zero-order valence-corrected chi connectivity index (χ0v) is 21.2. The second-order valence-electron chi connectivity index (χ2n) is 9.07. The van der Waals surface area contributed by atoms with Crippen LogP contribution < -0.4 is 5.32 Å². The minimum Gasteiger partial charge on any atom is -0.394 e. The average molecular weight is 526 g/mol. The van der Waals surface area contributed by atoms with E-state index in [-0.39, 0.29) is 6.61 Å². The van der Waals surface area contributed by atoms with Crippen molar-refractivity contribution in [3.63, 3.8) is 0 Å². The Morgan fingerprint density at radius 2 is 1.68 bits per heavy atom. The summed E-state index contributed by atoms with van der Waals surface area (Å²) in [5.74, 6) is 0.801. The number of hydrogen-bond acceptors (Lipinski definition) is 11. The highest BCUT2D eigenvalue weighted by Gasteiger charge is 2.50. The van der Waals surface area contributed by atoms with Gasteiger partial charge in [0.1, 0.15) is 24.4 Å². The average Bonchev–Trinajstić information content (AvgIpc) is 2.84. The van der Waals surface area contributed by atoms with Crippen molar-refractivity contribution in [2.75, 3.05) is 31.8 Å². The van der Waals surface area contributed by atoms with E-state index in [0.717, 1.165) is 36.4 Å². The highest BCUT2D eigenvalue weighted by atomic mass is 32.2. The van der Waals surface area contributed by atoms with Gasteiger partial charge in [0.25, 0.3) is 0 Å². The molecule has 4 bridgehead atoms. The van der Waals surface area contributed by atoms with E-state index in [1.807, 2.05) is 0 Å². The van der Waals surface area contributed by atoms with E-state index in [4.69, 9.17) is 31.2 Å². The molecule has 6 heterocycles. The minimum absolute atomic E-state index is 0.334.